The summed E-state index contributed by atoms with van der Waals surface area (Å²) in [5.41, 5.74) is 2.60. The van der Waals surface area contributed by atoms with Gasteiger partial charge < -0.3 is 0 Å². The minimum Gasteiger partial charge on any atom is -0.227 e. The van der Waals surface area contributed by atoms with Crippen molar-refractivity contribution < 1.29 is 12.8 Å². The molecular weight excluding hydrogens is 381 g/mol. The normalized spacial score (nSPS) is 11.5. The van der Waals surface area contributed by atoms with Gasteiger partial charge in [-0.25, -0.2) is 27.5 Å². The summed E-state index contributed by atoms with van der Waals surface area (Å²) in [6, 6.07) is 16.6. The van der Waals surface area contributed by atoms with Gasteiger partial charge in [-0.1, -0.05) is 23.4 Å². The van der Waals surface area contributed by atoms with Crippen molar-refractivity contribution in [1.29, 1.82) is 0 Å². The molecule has 2 aromatic heterocycles. The second-order valence-corrected chi connectivity index (χ2v) is 7.95. The van der Waals surface area contributed by atoms with E-state index in [1.165, 1.54) is 18.3 Å². The van der Waals surface area contributed by atoms with E-state index in [1.807, 2.05) is 30.3 Å². The molecule has 4 rings (SSSR count). The van der Waals surface area contributed by atoms with Gasteiger partial charge in [0.05, 0.1) is 11.4 Å². The lowest BCUT2D eigenvalue weighted by molar-refractivity contribution is 0.593. The van der Waals surface area contributed by atoms with Gasteiger partial charge in [0.1, 0.15) is 17.2 Å². The number of para-hydroxylation sites is 1. The minimum atomic E-state index is -3.60. The van der Waals surface area contributed by atoms with E-state index in [4.69, 9.17) is 0 Å². The quantitative estimate of drug-likeness (QED) is 0.494. The van der Waals surface area contributed by atoms with Crippen LogP contribution in [0.1, 0.15) is 0 Å². The van der Waals surface area contributed by atoms with Crippen LogP contribution in [0.4, 0.5) is 4.39 Å². The fourth-order valence-corrected chi connectivity index (χ4v) is 3.23. The van der Waals surface area contributed by atoms with Crippen molar-refractivity contribution in [1.82, 2.24) is 25.0 Å². The smallest absolute Gasteiger partial charge is 0.227 e. The monoisotopic (exact) mass is 395 g/mol. The second-order valence-electron chi connectivity index (χ2n) is 6.04. The highest BCUT2D eigenvalue weighted by Crippen LogP contribution is 2.31. The van der Waals surface area contributed by atoms with E-state index in [-0.39, 0.29) is 11.0 Å². The fourth-order valence-electron chi connectivity index (χ4n) is 2.72. The Bertz CT molecular complexity index is 1240. The van der Waals surface area contributed by atoms with E-state index >= 15 is 0 Å². The summed E-state index contributed by atoms with van der Waals surface area (Å²) in [6.07, 6.45) is 2.41. The third kappa shape index (κ3) is 3.39. The molecule has 0 saturated carbocycles. The fraction of sp³-hybridized carbons (Fsp3) is 0.0526. The first kappa shape index (κ1) is 17.9. The molecule has 7 nitrogen and oxygen atoms in total. The number of hydrogen-bond donors (Lipinski definition) is 0. The second kappa shape index (κ2) is 6.93. The molecule has 0 atom stereocenters. The lowest BCUT2D eigenvalue weighted by Gasteiger charge is -2.08. The first-order valence-corrected chi connectivity index (χ1v) is 10.1. The van der Waals surface area contributed by atoms with Gasteiger partial charge in [0, 0.05) is 18.0 Å². The van der Waals surface area contributed by atoms with Gasteiger partial charge in [-0.2, -0.15) is 0 Å². The summed E-state index contributed by atoms with van der Waals surface area (Å²) in [5.74, 6) is -0.373. The largest absolute Gasteiger partial charge is 0.247 e. The molecule has 28 heavy (non-hydrogen) atoms. The van der Waals surface area contributed by atoms with E-state index in [2.05, 4.69) is 20.3 Å². The van der Waals surface area contributed by atoms with Gasteiger partial charge in [-0.15, -0.1) is 5.10 Å². The Labute approximate surface area is 160 Å². The molecular formula is C19H14FN5O2S. The third-order valence-electron chi connectivity index (χ3n) is 4.00. The predicted octanol–water partition coefficient (Wildman–Crippen LogP) is 2.93. The van der Waals surface area contributed by atoms with Gasteiger partial charge in [0.25, 0.3) is 0 Å². The SMILES string of the molecule is CS(=O)(=O)c1nccc(-c2c(-c3ccc(F)cc3)nnn2-c2ccccc2)n1. The number of hydrogen-bond acceptors (Lipinski definition) is 6. The first-order valence-electron chi connectivity index (χ1n) is 8.24. The molecule has 0 radical (unpaired) electrons. The van der Waals surface area contributed by atoms with Gasteiger partial charge >= 0.3 is 0 Å². The van der Waals surface area contributed by atoms with Crippen molar-refractivity contribution in [2.75, 3.05) is 6.26 Å². The van der Waals surface area contributed by atoms with Crippen LogP contribution in [-0.2, 0) is 9.84 Å². The average Bonchev–Trinajstić information content (AvgIpc) is 3.14. The topological polar surface area (TPSA) is 90.6 Å². The molecule has 0 aliphatic rings. The Morgan fingerprint density at radius 3 is 2.36 bits per heavy atom. The highest BCUT2D eigenvalue weighted by molar-refractivity contribution is 7.90. The van der Waals surface area contributed by atoms with Crippen LogP contribution in [0.3, 0.4) is 0 Å². The Kier molecular flexibility index (Phi) is 4.44. The summed E-state index contributed by atoms with van der Waals surface area (Å²) in [6.45, 7) is 0. The van der Waals surface area contributed by atoms with Crippen molar-refractivity contribution >= 4 is 9.84 Å². The standard InChI is InChI=1S/C19H14FN5O2S/c1-28(26,27)19-21-12-11-16(22-19)18-17(13-7-9-14(20)10-8-13)23-24-25(18)15-5-3-2-4-6-15/h2-12H,1H3. The number of benzene rings is 2. The summed E-state index contributed by atoms with van der Waals surface area (Å²) in [7, 11) is -3.60. The van der Waals surface area contributed by atoms with Crippen LogP contribution in [0.15, 0.2) is 72.0 Å². The number of nitrogens with zero attached hydrogens (tertiary/aromatic N) is 5. The molecule has 0 N–H and O–H groups in total. The van der Waals surface area contributed by atoms with E-state index in [0.29, 0.717) is 22.6 Å². The lowest BCUT2D eigenvalue weighted by Crippen LogP contribution is -2.06. The molecule has 0 unspecified atom stereocenters. The summed E-state index contributed by atoms with van der Waals surface area (Å²) in [5, 5.41) is 8.16. The lowest BCUT2D eigenvalue weighted by atomic mass is 10.1. The molecule has 0 amide bonds. The van der Waals surface area contributed by atoms with Gasteiger partial charge in [-0.3, -0.25) is 0 Å². The van der Waals surface area contributed by atoms with Crippen LogP contribution in [0.5, 0.6) is 0 Å². The summed E-state index contributed by atoms with van der Waals surface area (Å²) >= 11 is 0. The number of rotatable bonds is 4. The van der Waals surface area contributed by atoms with Crippen LogP contribution in [-0.4, -0.2) is 39.6 Å². The molecule has 140 valence electrons. The van der Waals surface area contributed by atoms with E-state index < -0.39 is 9.84 Å². The first-order chi connectivity index (χ1) is 13.4. The van der Waals surface area contributed by atoms with E-state index in [9.17, 15) is 12.8 Å². The molecule has 0 spiro atoms. The van der Waals surface area contributed by atoms with Crippen LogP contribution in [0.25, 0.3) is 28.3 Å². The molecule has 9 heteroatoms. The zero-order valence-electron chi connectivity index (χ0n) is 14.7. The molecule has 0 fully saturated rings. The van der Waals surface area contributed by atoms with Gasteiger partial charge in [-0.05, 0) is 42.5 Å². The molecule has 0 saturated heterocycles. The van der Waals surface area contributed by atoms with Crippen molar-refractivity contribution in [2.45, 2.75) is 5.16 Å². The van der Waals surface area contributed by atoms with Crippen molar-refractivity contribution in [3.8, 4) is 28.3 Å². The molecule has 2 aromatic carbocycles. The Morgan fingerprint density at radius 1 is 0.964 bits per heavy atom. The van der Waals surface area contributed by atoms with Crippen LogP contribution < -0.4 is 0 Å². The Balaban J connectivity index is 1.98. The third-order valence-corrected chi connectivity index (χ3v) is 4.86. The Hall–Kier alpha value is -3.46. The van der Waals surface area contributed by atoms with Crippen molar-refractivity contribution in [2.24, 2.45) is 0 Å². The number of sulfone groups is 1. The average molecular weight is 395 g/mol. The van der Waals surface area contributed by atoms with Gasteiger partial charge in [0.15, 0.2) is 0 Å². The summed E-state index contributed by atoms with van der Waals surface area (Å²) < 4.78 is 38.7. The minimum absolute atomic E-state index is 0.295. The maximum absolute atomic E-state index is 13.4. The number of aromatic nitrogens is 5. The molecule has 0 bridgehead atoms. The maximum Gasteiger partial charge on any atom is 0.247 e. The molecule has 0 aliphatic carbocycles. The Morgan fingerprint density at radius 2 is 1.68 bits per heavy atom. The van der Waals surface area contributed by atoms with Gasteiger partial charge in [0.2, 0.25) is 15.0 Å². The van der Waals surface area contributed by atoms with Crippen LogP contribution in [0, 0.1) is 5.82 Å². The van der Waals surface area contributed by atoms with E-state index in [0.717, 1.165) is 11.9 Å². The maximum atomic E-state index is 13.4. The van der Waals surface area contributed by atoms with Crippen LogP contribution >= 0.6 is 0 Å². The zero-order chi connectivity index (χ0) is 19.7. The summed E-state index contributed by atoms with van der Waals surface area (Å²) in [4.78, 5) is 8.04. The van der Waals surface area contributed by atoms with Crippen molar-refractivity contribution in [3.05, 3.63) is 72.7 Å². The predicted molar refractivity (Wildman–Crippen MR) is 101 cm³/mol. The van der Waals surface area contributed by atoms with E-state index in [1.54, 1.807) is 22.9 Å². The number of halogens is 1. The van der Waals surface area contributed by atoms with Crippen molar-refractivity contribution in [3.63, 3.8) is 0 Å². The molecule has 0 aliphatic heterocycles. The molecule has 4 aromatic rings. The molecule has 2 heterocycles. The highest BCUT2D eigenvalue weighted by atomic mass is 32.2. The highest BCUT2D eigenvalue weighted by Gasteiger charge is 2.21. The zero-order valence-corrected chi connectivity index (χ0v) is 15.5. The van der Waals surface area contributed by atoms with Crippen LogP contribution in [0.2, 0.25) is 0 Å².